The van der Waals surface area contributed by atoms with Crippen LogP contribution in [-0.4, -0.2) is 47.6 Å². The molecule has 0 aliphatic rings. The SMILES string of the molecule is C.C.C.C.C.CCCC(O)CC(=O)OC(C)C(=O)OCCCO. The van der Waals surface area contributed by atoms with Crippen LogP contribution in [0.25, 0.3) is 0 Å². The van der Waals surface area contributed by atoms with Gasteiger partial charge >= 0.3 is 11.9 Å². The van der Waals surface area contributed by atoms with Crippen molar-refractivity contribution in [1.82, 2.24) is 0 Å². The van der Waals surface area contributed by atoms with E-state index in [1.54, 1.807) is 0 Å². The standard InChI is InChI=1S/C12H22O6.5CH4/c1-3-5-10(14)8-11(15)18-9(2)12(16)17-7-4-6-13;;;;;/h9-10,13-14H,3-8H2,1-2H3;5*1H4. The lowest BCUT2D eigenvalue weighted by Crippen LogP contribution is -2.28. The first-order chi connectivity index (χ1) is 8.51. The molecule has 0 bridgehead atoms. The Morgan fingerprint density at radius 1 is 1.09 bits per heavy atom. The lowest BCUT2D eigenvalue weighted by molar-refractivity contribution is -0.167. The van der Waals surface area contributed by atoms with Crippen LogP contribution in [0.2, 0.25) is 0 Å². The van der Waals surface area contributed by atoms with Crippen LogP contribution in [0.5, 0.6) is 0 Å². The summed E-state index contributed by atoms with van der Waals surface area (Å²) in [6.07, 6.45) is -0.216. The van der Waals surface area contributed by atoms with Gasteiger partial charge in [0.1, 0.15) is 0 Å². The number of carbonyl (C=O) groups is 2. The summed E-state index contributed by atoms with van der Waals surface area (Å²) in [5.41, 5.74) is 0. The number of ether oxygens (including phenoxy) is 2. The van der Waals surface area contributed by atoms with E-state index in [2.05, 4.69) is 0 Å². The van der Waals surface area contributed by atoms with Crippen molar-refractivity contribution >= 4 is 11.9 Å². The van der Waals surface area contributed by atoms with Crippen molar-refractivity contribution in [3.63, 3.8) is 0 Å². The highest BCUT2D eigenvalue weighted by Gasteiger charge is 2.20. The number of esters is 2. The third-order valence-electron chi connectivity index (χ3n) is 2.21. The average Bonchev–Trinajstić information content (AvgIpc) is 2.28. The monoisotopic (exact) mass is 342 g/mol. The highest BCUT2D eigenvalue weighted by molar-refractivity contribution is 5.79. The van der Waals surface area contributed by atoms with Gasteiger partial charge in [0, 0.05) is 13.0 Å². The molecule has 23 heavy (non-hydrogen) atoms. The molecule has 2 atom stereocenters. The highest BCUT2D eigenvalue weighted by atomic mass is 16.6. The van der Waals surface area contributed by atoms with Crippen molar-refractivity contribution in [3.8, 4) is 0 Å². The van der Waals surface area contributed by atoms with Crippen LogP contribution in [-0.2, 0) is 19.1 Å². The van der Waals surface area contributed by atoms with E-state index < -0.39 is 24.1 Å². The molecule has 6 heteroatoms. The molecule has 0 aromatic rings. The number of aliphatic hydroxyl groups is 2. The molecule has 0 radical (unpaired) electrons. The van der Waals surface area contributed by atoms with Crippen molar-refractivity contribution in [3.05, 3.63) is 0 Å². The van der Waals surface area contributed by atoms with E-state index in [1.807, 2.05) is 6.92 Å². The molecule has 6 nitrogen and oxygen atoms in total. The molecule has 2 N–H and O–H groups in total. The first kappa shape index (κ1) is 37.8. The Hall–Kier alpha value is -1.14. The first-order valence-electron chi connectivity index (χ1n) is 6.16. The minimum Gasteiger partial charge on any atom is -0.463 e. The van der Waals surface area contributed by atoms with Gasteiger partial charge in [0.15, 0.2) is 6.10 Å². The maximum atomic E-state index is 11.3. The minimum absolute atomic E-state index is 0. The Labute approximate surface area is 144 Å². The number of aliphatic hydroxyl groups excluding tert-OH is 2. The zero-order valence-corrected chi connectivity index (χ0v) is 10.9. The van der Waals surface area contributed by atoms with E-state index >= 15 is 0 Å². The fourth-order valence-corrected chi connectivity index (χ4v) is 1.28. The summed E-state index contributed by atoms with van der Waals surface area (Å²) in [5.74, 6) is -1.27. The van der Waals surface area contributed by atoms with E-state index in [9.17, 15) is 14.7 Å². The smallest absolute Gasteiger partial charge is 0.347 e. The second-order valence-electron chi connectivity index (χ2n) is 4.02. The van der Waals surface area contributed by atoms with Crippen LogP contribution >= 0.6 is 0 Å². The molecule has 0 fully saturated rings. The van der Waals surface area contributed by atoms with Crippen molar-refractivity contribution in [2.45, 2.75) is 88.9 Å². The molecule has 0 aromatic carbocycles. The minimum atomic E-state index is -0.995. The van der Waals surface area contributed by atoms with Crippen LogP contribution in [0, 0.1) is 0 Å². The zero-order chi connectivity index (χ0) is 14.0. The predicted octanol–water partition coefficient (Wildman–Crippen LogP) is 3.58. The summed E-state index contributed by atoms with van der Waals surface area (Å²) in [4.78, 5) is 22.7. The molecular weight excluding hydrogens is 300 g/mol. The molecule has 146 valence electrons. The van der Waals surface area contributed by atoms with E-state index in [0.717, 1.165) is 6.42 Å². The summed E-state index contributed by atoms with van der Waals surface area (Å²) in [7, 11) is 0. The van der Waals surface area contributed by atoms with Gasteiger partial charge < -0.3 is 19.7 Å². The van der Waals surface area contributed by atoms with Gasteiger partial charge in [-0.25, -0.2) is 4.79 Å². The average molecular weight is 343 g/mol. The van der Waals surface area contributed by atoms with Gasteiger partial charge in [-0.15, -0.1) is 0 Å². The van der Waals surface area contributed by atoms with Crippen molar-refractivity contribution in [1.29, 1.82) is 0 Å². The number of carbonyl (C=O) groups excluding carboxylic acids is 2. The molecule has 0 amide bonds. The Bertz CT molecular complexity index is 255. The maximum Gasteiger partial charge on any atom is 0.347 e. The lowest BCUT2D eigenvalue weighted by atomic mass is 10.1. The topological polar surface area (TPSA) is 93.1 Å². The third kappa shape index (κ3) is 20.9. The zero-order valence-electron chi connectivity index (χ0n) is 10.9. The van der Waals surface area contributed by atoms with E-state index in [4.69, 9.17) is 14.6 Å². The third-order valence-corrected chi connectivity index (χ3v) is 2.21. The first-order valence-corrected chi connectivity index (χ1v) is 6.16. The van der Waals surface area contributed by atoms with Gasteiger partial charge in [-0.05, 0) is 13.3 Å². The van der Waals surface area contributed by atoms with Crippen LogP contribution < -0.4 is 0 Å². The summed E-state index contributed by atoms with van der Waals surface area (Å²) >= 11 is 0. The summed E-state index contributed by atoms with van der Waals surface area (Å²) in [6.45, 7) is 3.33. The van der Waals surface area contributed by atoms with Gasteiger partial charge in [-0.1, -0.05) is 50.5 Å². The molecule has 0 rings (SSSR count). The Kier molecular flexibility index (Phi) is 38.0. The van der Waals surface area contributed by atoms with Gasteiger partial charge in [-0.2, -0.15) is 0 Å². The van der Waals surface area contributed by atoms with Crippen LogP contribution in [0.4, 0.5) is 0 Å². The van der Waals surface area contributed by atoms with Gasteiger partial charge in [0.05, 0.1) is 19.1 Å². The second-order valence-corrected chi connectivity index (χ2v) is 4.02. The Balaban J connectivity index is -0.000000144. The number of hydrogen-bond acceptors (Lipinski definition) is 6. The molecule has 0 saturated heterocycles. The fourth-order valence-electron chi connectivity index (χ4n) is 1.28. The molecule has 0 aliphatic carbocycles. The van der Waals surface area contributed by atoms with Gasteiger partial charge in [-0.3, -0.25) is 4.79 Å². The predicted molar refractivity (Wildman–Crippen MR) is 97.4 cm³/mol. The van der Waals surface area contributed by atoms with Crippen molar-refractivity contribution < 1.29 is 29.3 Å². The molecule has 2 unspecified atom stereocenters. The van der Waals surface area contributed by atoms with Gasteiger partial charge in [0.2, 0.25) is 0 Å². The largest absolute Gasteiger partial charge is 0.463 e. The normalized spacial score (nSPS) is 10.8. The van der Waals surface area contributed by atoms with Crippen LogP contribution in [0.3, 0.4) is 0 Å². The van der Waals surface area contributed by atoms with Crippen molar-refractivity contribution in [2.24, 2.45) is 0 Å². The number of hydrogen-bond donors (Lipinski definition) is 2. The summed E-state index contributed by atoms with van der Waals surface area (Å²) in [6, 6.07) is 0. The molecule has 0 heterocycles. The van der Waals surface area contributed by atoms with E-state index in [-0.39, 0.29) is 56.8 Å². The molecule has 0 aliphatic heterocycles. The molecular formula is C17H42O6. The lowest BCUT2D eigenvalue weighted by Gasteiger charge is -2.14. The second kappa shape index (κ2) is 23.1. The van der Waals surface area contributed by atoms with Gasteiger partial charge in [0.25, 0.3) is 0 Å². The quantitative estimate of drug-likeness (QED) is 0.491. The van der Waals surface area contributed by atoms with Crippen molar-refractivity contribution in [2.75, 3.05) is 13.2 Å². The van der Waals surface area contributed by atoms with Crippen LogP contribution in [0.1, 0.15) is 76.7 Å². The number of rotatable bonds is 9. The maximum absolute atomic E-state index is 11.3. The summed E-state index contributed by atoms with van der Waals surface area (Å²) < 4.78 is 9.58. The molecule has 0 saturated carbocycles. The van der Waals surface area contributed by atoms with E-state index in [0.29, 0.717) is 12.8 Å². The fraction of sp³-hybridized carbons (Fsp3) is 0.882. The Morgan fingerprint density at radius 3 is 2.04 bits per heavy atom. The Morgan fingerprint density at radius 2 is 1.61 bits per heavy atom. The highest BCUT2D eigenvalue weighted by Crippen LogP contribution is 2.05. The van der Waals surface area contributed by atoms with Crippen LogP contribution in [0.15, 0.2) is 0 Å². The molecule has 0 spiro atoms. The summed E-state index contributed by atoms with van der Waals surface area (Å²) in [5, 5.41) is 17.9. The van der Waals surface area contributed by atoms with E-state index in [1.165, 1.54) is 6.92 Å². The molecule has 0 aromatic heterocycles.